The zero-order valence-electron chi connectivity index (χ0n) is 21.9. The maximum Gasteiger partial charge on any atom is 4.00 e. The molecule has 180 valence electrons. The second-order valence-electron chi connectivity index (χ2n) is 10.4. The van der Waals surface area contributed by atoms with Gasteiger partial charge in [0.25, 0.3) is 0 Å². The summed E-state index contributed by atoms with van der Waals surface area (Å²) in [5.74, 6) is 2.61. The summed E-state index contributed by atoms with van der Waals surface area (Å²) in [4.78, 5) is 0. The van der Waals surface area contributed by atoms with Gasteiger partial charge in [0, 0.05) is 0 Å². The van der Waals surface area contributed by atoms with Crippen molar-refractivity contribution in [1.82, 2.24) is 0 Å². The van der Waals surface area contributed by atoms with E-state index in [2.05, 4.69) is 92.5 Å². The minimum absolute atomic E-state index is 0. The van der Waals surface area contributed by atoms with Crippen LogP contribution >= 0.6 is 0 Å². The summed E-state index contributed by atoms with van der Waals surface area (Å²) in [6.45, 7) is 18.3. The summed E-state index contributed by atoms with van der Waals surface area (Å²) >= 11 is 0. The van der Waals surface area contributed by atoms with Crippen molar-refractivity contribution in [3.63, 3.8) is 0 Å². The van der Waals surface area contributed by atoms with Gasteiger partial charge in [-0.05, 0) is 11.8 Å². The largest absolute Gasteiger partial charge is 4.00 e. The van der Waals surface area contributed by atoms with Gasteiger partial charge >= 0.3 is 26.2 Å². The van der Waals surface area contributed by atoms with Crippen LogP contribution in [0.3, 0.4) is 0 Å². The third-order valence-electron chi connectivity index (χ3n) is 6.83. The summed E-state index contributed by atoms with van der Waals surface area (Å²) in [7, 11) is 0. The van der Waals surface area contributed by atoms with Crippen LogP contribution in [0.5, 0.6) is 0 Å². The van der Waals surface area contributed by atoms with Gasteiger partial charge in [0.1, 0.15) is 0 Å². The van der Waals surface area contributed by atoms with Crippen molar-refractivity contribution in [1.29, 1.82) is 0 Å². The van der Waals surface area contributed by atoms with Crippen molar-refractivity contribution in [2.45, 2.75) is 105 Å². The first-order chi connectivity index (χ1) is 14.2. The first kappa shape index (κ1) is 32.6. The SMILES string of the molecule is CC(C)c1ccc(C(C)C)c2c1[CH-]CC2.CC(C)c1ccc(C(C)C)c2c1[CH-]CC2.[Cl-].[Cl-].[Zr+4]. The number of benzene rings is 2. The van der Waals surface area contributed by atoms with E-state index in [9.17, 15) is 0 Å². The number of fused-ring (bicyclic) bond motifs is 2. The predicted octanol–water partition coefficient (Wildman–Crippen LogP) is 2.87. The number of rotatable bonds is 4. The van der Waals surface area contributed by atoms with Gasteiger partial charge in [0.15, 0.2) is 0 Å². The Bertz CT molecular complexity index is 738. The molecular formula is C30H42Cl2Zr. The molecule has 0 saturated heterocycles. The van der Waals surface area contributed by atoms with Crippen molar-refractivity contribution in [3.8, 4) is 0 Å². The molecule has 0 unspecified atom stereocenters. The Morgan fingerprint density at radius 2 is 0.788 bits per heavy atom. The summed E-state index contributed by atoms with van der Waals surface area (Å²) in [6, 6.07) is 9.36. The van der Waals surface area contributed by atoms with Gasteiger partial charge in [-0.2, -0.15) is 24.0 Å². The summed E-state index contributed by atoms with van der Waals surface area (Å²) in [5, 5.41) is 0. The second kappa shape index (κ2) is 14.3. The van der Waals surface area contributed by atoms with Gasteiger partial charge in [-0.3, -0.25) is 0 Å². The number of halogens is 2. The van der Waals surface area contributed by atoms with E-state index < -0.39 is 0 Å². The van der Waals surface area contributed by atoms with Crippen LogP contribution in [0.25, 0.3) is 0 Å². The molecule has 0 fully saturated rings. The number of hydrogen-bond donors (Lipinski definition) is 0. The monoisotopic (exact) mass is 562 g/mol. The molecule has 0 saturated carbocycles. The zero-order valence-corrected chi connectivity index (χ0v) is 25.8. The fourth-order valence-electron chi connectivity index (χ4n) is 5.25. The van der Waals surface area contributed by atoms with E-state index in [4.69, 9.17) is 0 Å². The molecule has 0 aliphatic heterocycles. The van der Waals surface area contributed by atoms with E-state index in [0.29, 0.717) is 23.7 Å². The molecule has 0 N–H and O–H groups in total. The van der Waals surface area contributed by atoms with Crippen molar-refractivity contribution in [2.75, 3.05) is 0 Å². The molecular weight excluding hydrogens is 522 g/mol. The molecule has 0 nitrogen and oxygen atoms in total. The van der Waals surface area contributed by atoms with Crippen LogP contribution in [0.2, 0.25) is 0 Å². The standard InChI is InChI=1S/2C15H21.2ClH.Zr/c2*1-10(2)12-8-9-13(11(3)4)15-7-5-6-14(12)15;;;/h2*6,8-11H,5,7H2,1-4H3;2*1H;/q2*-1;;;+4/p-2. The Hall–Kier alpha value is -0.357. The Balaban J connectivity index is 0.000000569. The summed E-state index contributed by atoms with van der Waals surface area (Å²) < 4.78 is 0. The van der Waals surface area contributed by atoms with Crippen molar-refractivity contribution in [3.05, 3.63) is 81.6 Å². The third-order valence-corrected chi connectivity index (χ3v) is 6.83. The number of hydrogen-bond acceptors (Lipinski definition) is 0. The second-order valence-corrected chi connectivity index (χ2v) is 10.4. The molecule has 0 bridgehead atoms. The van der Waals surface area contributed by atoms with E-state index in [0.717, 1.165) is 0 Å². The van der Waals surface area contributed by atoms with Crippen molar-refractivity contribution >= 4 is 0 Å². The van der Waals surface area contributed by atoms with Crippen LogP contribution < -0.4 is 24.8 Å². The van der Waals surface area contributed by atoms with E-state index >= 15 is 0 Å². The molecule has 2 aliphatic rings. The van der Waals surface area contributed by atoms with E-state index in [-0.39, 0.29) is 51.0 Å². The van der Waals surface area contributed by atoms with Crippen LogP contribution in [0.15, 0.2) is 24.3 Å². The van der Waals surface area contributed by atoms with Crippen LogP contribution in [0.1, 0.15) is 136 Å². The predicted molar refractivity (Wildman–Crippen MR) is 133 cm³/mol. The average Bonchev–Trinajstić information content (AvgIpc) is 3.35. The van der Waals surface area contributed by atoms with Crippen molar-refractivity contribution in [2.24, 2.45) is 0 Å². The summed E-state index contributed by atoms with van der Waals surface area (Å²) in [5.41, 5.74) is 12.5. The quantitative estimate of drug-likeness (QED) is 0.502. The van der Waals surface area contributed by atoms with Gasteiger partial charge in [0.05, 0.1) is 0 Å². The molecule has 2 aliphatic carbocycles. The molecule has 0 aromatic heterocycles. The first-order valence-corrected chi connectivity index (χ1v) is 12.2. The van der Waals surface area contributed by atoms with E-state index in [1.807, 2.05) is 0 Å². The van der Waals surface area contributed by atoms with Gasteiger partial charge in [-0.1, -0.05) is 116 Å². The van der Waals surface area contributed by atoms with Gasteiger partial charge in [0.2, 0.25) is 0 Å². The Morgan fingerprint density at radius 3 is 1.06 bits per heavy atom. The zero-order chi connectivity index (χ0) is 22.0. The Morgan fingerprint density at radius 1 is 0.515 bits per heavy atom. The van der Waals surface area contributed by atoms with Gasteiger partial charge in [-0.15, -0.1) is 34.4 Å². The third kappa shape index (κ3) is 7.32. The molecule has 0 amide bonds. The van der Waals surface area contributed by atoms with Crippen LogP contribution in [0, 0.1) is 12.8 Å². The Labute approximate surface area is 236 Å². The fraction of sp³-hybridized carbons (Fsp3) is 0.533. The minimum atomic E-state index is 0. The molecule has 3 heteroatoms. The molecule has 2 aromatic carbocycles. The molecule has 0 radical (unpaired) electrons. The van der Waals surface area contributed by atoms with Crippen LogP contribution in [-0.4, -0.2) is 0 Å². The maximum atomic E-state index is 2.43. The molecule has 33 heavy (non-hydrogen) atoms. The fourth-order valence-corrected chi connectivity index (χ4v) is 5.25. The molecule has 0 atom stereocenters. The molecule has 0 heterocycles. The van der Waals surface area contributed by atoms with Crippen molar-refractivity contribution < 1.29 is 51.0 Å². The first-order valence-electron chi connectivity index (χ1n) is 12.2. The maximum absolute atomic E-state index is 2.43. The normalized spacial score (nSPS) is 13.2. The molecule has 0 spiro atoms. The molecule has 2 aromatic rings. The smallest absolute Gasteiger partial charge is 1.00 e. The van der Waals surface area contributed by atoms with Gasteiger partial charge in [-0.25, -0.2) is 0 Å². The van der Waals surface area contributed by atoms with E-state index in [1.54, 1.807) is 33.4 Å². The summed E-state index contributed by atoms with van der Waals surface area (Å²) in [6.07, 6.45) is 9.83. The van der Waals surface area contributed by atoms with E-state index in [1.165, 1.54) is 36.8 Å². The Kier molecular flexibility index (Phi) is 14.1. The van der Waals surface area contributed by atoms with Crippen LogP contribution in [-0.2, 0) is 39.0 Å². The minimum Gasteiger partial charge on any atom is -1.00 e. The topological polar surface area (TPSA) is 0 Å². The van der Waals surface area contributed by atoms with Crippen LogP contribution in [0.4, 0.5) is 0 Å². The molecule has 4 rings (SSSR count). The average molecular weight is 565 g/mol. The van der Waals surface area contributed by atoms with Gasteiger partial charge < -0.3 is 24.8 Å².